The van der Waals surface area contributed by atoms with Crippen LogP contribution in [0, 0.1) is 17.3 Å². The first-order valence-corrected chi connectivity index (χ1v) is 6.98. The van der Waals surface area contributed by atoms with Gasteiger partial charge in [-0.25, -0.2) is 0 Å². The minimum atomic E-state index is -0.00810. The topological polar surface area (TPSA) is 0 Å². The molecule has 0 saturated heterocycles. The van der Waals surface area contributed by atoms with Crippen molar-refractivity contribution in [2.24, 2.45) is 17.3 Å². The van der Waals surface area contributed by atoms with Gasteiger partial charge in [0.1, 0.15) is 0 Å². The van der Waals surface area contributed by atoms with Gasteiger partial charge in [0.25, 0.3) is 0 Å². The van der Waals surface area contributed by atoms with E-state index in [4.69, 9.17) is 23.2 Å². The Morgan fingerprint density at radius 1 is 1.07 bits per heavy atom. The first kappa shape index (κ1) is 12.0. The van der Waals surface area contributed by atoms with E-state index >= 15 is 0 Å². The second kappa shape index (κ2) is 3.81. The van der Waals surface area contributed by atoms with Crippen LogP contribution in [-0.4, -0.2) is 10.3 Å². The summed E-state index contributed by atoms with van der Waals surface area (Å²) in [5, 5.41) is 0.277. The molecule has 0 spiro atoms. The average Bonchev–Trinajstić information content (AvgIpc) is 1.97. The Labute approximate surface area is 104 Å². The summed E-state index contributed by atoms with van der Waals surface area (Å²) in [6.45, 7) is 7.02. The molecule has 0 aromatic rings. The van der Waals surface area contributed by atoms with Gasteiger partial charge in [-0.3, -0.25) is 0 Å². The molecule has 2 heteroatoms. The molecule has 88 valence electrons. The van der Waals surface area contributed by atoms with Crippen molar-refractivity contribution in [2.75, 3.05) is 0 Å². The highest BCUT2D eigenvalue weighted by Crippen LogP contribution is 2.57. The second-order valence-corrected chi connectivity index (χ2v) is 7.84. The van der Waals surface area contributed by atoms with Crippen molar-refractivity contribution in [3.05, 3.63) is 0 Å². The molecule has 2 aliphatic carbocycles. The quantitative estimate of drug-likeness (QED) is 0.539. The van der Waals surface area contributed by atoms with Crippen LogP contribution in [0.2, 0.25) is 0 Å². The lowest BCUT2D eigenvalue weighted by Gasteiger charge is -2.54. The van der Waals surface area contributed by atoms with Crippen LogP contribution in [0.25, 0.3) is 0 Å². The number of hydrogen-bond acceptors (Lipinski definition) is 0. The zero-order valence-electron chi connectivity index (χ0n) is 10.0. The van der Waals surface area contributed by atoms with Gasteiger partial charge in [0, 0.05) is 10.3 Å². The van der Waals surface area contributed by atoms with Gasteiger partial charge in [-0.05, 0) is 42.9 Å². The maximum atomic E-state index is 6.87. The standard InChI is InChI=1S/C13H22Cl2/c1-9-4-5-11-12(2,3)7-10(14)8-13(11,15)6-9/h9-11H,4-8H2,1-3H3/t9-,10-,11-,13+/m1/s1. The van der Waals surface area contributed by atoms with Crippen molar-refractivity contribution in [3.8, 4) is 0 Å². The molecule has 2 saturated carbocycles. The molecule has 0 N–H and O–H groups in total. The lowest BCUT2D eigenvalue weighted by Crippen LogP contribution is -2.51. The van der Waals surface area contributed by atoms with E-state index < -0.39 is 0 Å². The molecule has 4 atom stereocenters. The van der Waals surface area contributed by atoms with Gasteiger partial charge in [-0.1, -0.05) is 27.2 Å². The van der Waals surface area contributed by atoms with Crippen molar-refractivity contribution in [1.82, 2.24) is 0 Å². The predicted octanol–water partition coefficient (Wildman–Crippen LogP) is 4.83. The molecule has 0 radical (unpaired) electrons. The van der Waals surface area contributed by atoms with Crippen LogP contribution < -0.4 is 0 Å². The summed E-state index contributed by atoms with van der Waals surface area (Å²) < 4.78 is 0. The summed E-state index contributed by atoms with van der Waals surface area (Å²) in [5.74, 6) is 1.44. The Morgan fingerprint density at radius 3 is 2.40 bits per heavy atom. The lowest BCUT2D eigenvalue weighted by atomic mass is 9.57. The highest BCUT2D eigenvalue weighted by atomic mass is 35.5. The molecule has 0 aliphatic heterocycles. The fourth-order valence-electron chi connectivity index (χ4n) is 4.00. The maximum Gasteiger partial charge on any atom is 0.0496 e. The van der Waals surface area contributed by atoms with Gasteiger partial charge in [0.05, 0.1) is 0 Å². The molecule has 2 aliphatic rings. The molecule has 2 rings (SSSR count). The van der Waals surface area contributed by atoms with E-state index in [0.717, 1.165) is 25.2 Å². The van der Waals surface area contributed by atoms with E-state index in [2.05, 4.69) is 20.8 Å². The lowest BCUT2D eigenvalue weighted by molar-refractivity contribution is 0.0442. The molecule has 2 fully saturated rings. The van der Waals surface area contributed by atoms with Crippen LogP contribution in [0.3, 0.4) is 0 Å². The van der Waals surface area contributed by atoms with E-state index in [9.17, 15) is 0 Å². The van der Waals surface area contributed by atoms with E-state index in [-0.39, 0.29) is 10.3 Å². The van der Waals surface area contributed by atoms with Crippen LogP contribution in [-0.2, 0) is 0 Å². The second-order valence-electron chi connectivity index (χ2n) is 6.47. The highest BCUT2D eigenvalue weighted by molar-refractivity contribution is 6.26. The van der Waals surface area contributed by atoms with Gasteiger partial charge in [0.2, 0.25) is 0 Å². The Bertz CT molecular complexity index is 245. The van der Waals surface area contributed by atoms with E-state index in [0.29, 0.717) is 11.3 Å². The number of fused-ring (bicyclic) bond motifs is 1. The number of rotatable bonds is 0. The first-order chi connectivity index (χ1) is 6.83. The number of alkyl halides is 2. The van der Waals surface area contributed by atoms with Crippen molar-refractivity contribution in [3.63, 3.8) is 0 Å². The van der Waals surface area contributed by atoms with Gasteiger partial charge in [-0.15, -0.1) is 23.2 Å². The zero-order valence-corrected chi connectivity index (χ0v) is 11.5. The van der Waals surface area contributed by atoms with Gasteiger partial charge >= 0.3 is 0 Å². The summed E-state index contributed by atoms with van der Waals surface area (Å²) in [4.78, 5) is -0.00810. The van der Waals surface area contributed by atoms with Crippen molar-refractivity contribution >= 4 is 23.2 Å². The third-order valence-corrected chi connectivity index (χ3v) is 5.39. The molecule has 0 heterocycles. The minimum absolute atomic E-state index is 0.00810. The van der Waals surface area contributed by atoms with Crippen LogP contribution in [0.15, 0.2) is 0 Å². The Kier molecular flexibility index (Phi) is 3.06. The van der Waals surface area contributed by atoms with Crippen molar-refractivity contribution in [1.29, 1.82) is 0 Å². The van der Waals surface area contributed by atoms with Crippen LogP contribution in [0.1, 0.15) is 52.9 Å². The summed E-state index contributed by atoms with van der Waals surface area (Å²) in [6.07, 6.45) is 5.93. The van der Waals surface area contributed by atoms with Crippen molar-refractivity contribution < 1.29 is 0 Å². The Morgan fingerprint density at radius 2 is 1.73 bits per heavy atom. The van der Waals surface area contributed by atoms with Gasteiger partial charge in [-0.2, -0.15) is 0 Å². The monoisotopic (exact) mass is 248 g/mol. The van der Waals surface area contributed by atoms with Gasteiger partial charge in [0.15, 0.2) is 0 Å². The van der Waals surface area contributed by atoms with Gasteiger partial charge < -0.3 is 0 Å². The fraction of sp³-hybridized carbons (Fsp3) is 1.00. The van der Waals surface area contributed by atoms with Crippen molar-refractivity contribution in [2.45, 2.75) is 63.1 Å². The molecule has 0 bridgehead atoms. The normalized spacial score (nSPS) is 49.8. The smallest absolute Gasteiger partial charge is 0.0496 e. The van der Waals surface area contributed by atoms with Crippen LogP contribution in [0.5, 0.6) is 0 Å². The zero-order chi connectivity index (χ0) is 11.3. The minimum Gasteiger partial charge on any atom is -0.123 e. The molecule has 0 amide bonds. The SMILES string of the molecule is C[C@@H]1CC[C@@H]2C(C)(C)C[C@@H](Cl)C[C@@]2(Cl)C1. The van der Waals surface area contributed by atoms with Crippen LogP contribution in [0.4, 0.5) is 0 Å². The summed E-state index contributed by atoms with van der Waals surface area (Å²) in [6, 6.07) is 0. The molecule has 0 unspecified atom stereocenters. The predicted molar refractivity (Wildman–Crippen MR) is 67.7 cm³/mol. The molecule has 0 aromatic heterocycles. The summed E-state index contributed by atoms with van der Waals surface area (Å²) in [5.41, 5.74) is 0.326. The average molecular weight is 249 g/mol. The molecular weight excluding hydrogens is 227 g/mol. The Hall–Kier alpha value is 0.580. The first-order valence-electron chi connectivity index (χ1n) is 6.16. The summed E-state index contributed by atoms with van der Waals surface area (Å²) in [7, 11) is 0. The van der Waals surface area contributed by atoms with Crippen LogP contribution >= 0.6 is 23.2 Å². The highest BCUT2D eigenvalue weighted by Gasteiger charge is 2.52. The largest absolute Gasteiger partial charge is 0.123 e. The third kappa shape index (κ3) is 2.17. The molecular formula is C13H22Cl2. The maximum absolute atomic E-state index is 6.87. The summed E-state index contributed by atoms with van der Waals surface area (Å²) >= 11 is 13.2. The third-order valence-electron chi connectivity index (χ3n) is 4.51. The van der Waals surface area contributed by atoms with E-state index in [1.54, 1.807) is 0 Å². The number of halogens is 2. The Balaban J connectivity index is 2.25. The number of hydrogen-bond donors (Lipinski definition) is 0. The van der Waals surface area contributed by atoms with E-state index in [1.807, 2.05) is 0 Å². The molecule has 0 aromatic carbocycles. The molecule has 0 nitrogen and oxygen atoms in total. The molecule has 15 heavy (non-hydrogen) atoms. The van der Waals surface area contributed by atoms with E-state index in [1.165, 1.54) is 12.8 Å². The fourth-order valence-corrected chi connectivity index (χ4v) is 5.61.